The lowest BCUT2D eigenvalue weighted by molar-refractivity contribution is -0.133. The molecule has 0 spiro atoms. The third kappa shape index (κ3) is 3.14. The first-order chi connectivity index (χ1) is 10.2. The van der Waals surface area contributed by atoms with Crippen LogP contribution in [0, 0.1) is 0 Å². The van der Waals surface area contributed by atoms with Gasteiger partial charge in [-0.3, -0.25) is 9.36 Å². The van der Waals surface area contributed by atoms with Crippen molar-refractivity contribution >= 4 is 29.1 Å². The van der Waals surface area contributed by atoms with E-state index in [4.69, 9.17) is 9.63 Å². The maximum atomic E-state index is 10.7. The minimum absolute atomic E-state index is 0.0681. The van der Waals surface area contributed by atoms with Gasteiger partial charge in [-0.1, -0.05) is 23.0 Å². The average molecular weight is 322 g/mol. The van der Waals surface area contributed by atoms with E-state index in [9.17, 15) is 4.79 Å². The largest absolute Gasteiger partial charge is 0.481 e. The zero-order chi connectivity index (χ0) is 14.7. The van der Waals surface area contributed by atoms with E-state index < -0.39 is 5.97 Å². The van der Waals surface area contributed by atoms with Gasteiger partial charge in [0, 0.05) is 6.07 Å². The van der Waals surface area contributed by atoms with Gasteiger partial charge in [-0.25, -0.2) is 0 Å². The molecule has 21 heavy (non-hydrogen) atoms. The van der Waals surface area contributed by atoms with Gasteiger partial charge >= 0.3 is 5.97 Å². The predicted octanol–water partition coefficient (Wildman–Crippen LogP) is 2.22. The minimum atomic E-state index is -0.895. The number of nitrogens with zero attached hydrogens (tertiary/aromatic N) is 4. The lowest BCUT2D eigenvalue weighted by atomic mass is 10.4. The number of thiophene rings is 1. The molecule has 0 atom stereocenters. The first kappa shape index (κ1) is 13.8. The van der Waals surface area contributed by atoms with Crippen LogP contribution >= 0.6 is 23.1 Å². The molecule has 0 radical (unpaired) electrons. The number of aliphatic carboxylic acids is 1. The average Bonchev–Trinajstić information content (AvgIpc) is 3.18. The van der Waals surface area contributed by atoms with Crippen LogP contribution in [0.25, 0.3) is 10.7 Å². The maximum absolute atomic E-state index is 10.7. The maximum Gasteiger partial charge on any atom is 0.313 e. The summed E-state index contributed by atoms with van der Waals surface area (Å²) in [6.07, 6.45) is 1.49. The highest BCUT2D eigenvalue weighted by Gasteiger charge is 2.17. The number of carboxylic acids is 1. The molecule has 3 rings (SSSR count). The van der Waals surface area contributed by atoms with Crippen LogP contribution in [0.2, 0.25) is 0 Å². The van der Waals surface area contributed by atoms with Crippen LogP contribution in [0.3, 0.4) is 0 Å². The van der Waals surface area contributed by atoms with E-state index in [1.807, 2.05) is 22.1 Å². The molecule has 0 aliphatic rings. The quantitative estimate of drug-likeness (QED) is 0.695. The van der Waals surface area contributed by atoms with E-state index in [2.05, 4.69) is 15.4 Å². The molecule has 9 heteroatoms. The van der Waals surface area contributed by atoms with Gasteiger partial charge in [-0.2, -0.15) is 0 Å². The molecule has 0 saturated heterocycles. The molecule has 0 aliphatic heterocycles. The zero-order valence-electron chi connectivity index (χ0n) is 10.7. The van der Waals surface area contributed by atoms with Gasteiger partial charge in [-0.05, 0) is 11.4 Å². The second-order valence-corrected chi connectivity index (χ2v) is 5.93. The summed E-state index contributed by atoms with van der Waals surface area (Å²) in [5, 5.41) is 23.4. The van der Waals surface area contributed by atoms with Crippen molar-refractivity contribution in [2.45, 2.75) is 11.7 Å². The Labute approximate surface area is 127 Å². The van der Waals surface area contributed by atoms with Gasteiger partial charge in [0.05, 0.1) is 17.2 Å². The number of rotatable bonds is 6. The van der Waals surface area contributed by atoms with Crippen molar-refractivity contribution in [1.82, 2.24) is 19.9 Å². The third-order valence-corrected chi connectivity index (χ3v) is 4.41. The molecule has 0 saturated carbocycles. The molecule has 3 aromatic heterocycles. The van der Waals surface area contributed by atoms with E-state index in [1.54, 1.807) is 17.4 Å². The van der Waals surface area contributed by atoms with Crippen molar-refractivity contribution in [2.75, 3.05) is 5.75 Å². The standard InChI is InChI=1S/C12H10N4O3S2/c17-10(18)7-21-12-14-13-11(9-2-1-5-20-9)16(12)6-8-3-4-19-15-8/h1-5H,6-7H2,(H,17,18). The topological polar surface area (TPSA) is 94.0 Å². The molecule has 3 aromatic rings. The SMILES string of the molecule is O=C(O)CSc1nnc(-c2cccs2)n1Cc1ccon1. The van der Waals surface area contributed by atoms with Crippen LogP contribution in [-0.4, -0.2) is 36.7 Å². The van der Waals surface area contributed by atoms with Crippen molar-refractivity contribution in [2.24, 2.45) is 0 Å². The molecule has 0 bridgehead atoms. The second-order valence-electron chi connectivity index (χ2n) is 4.04. The van der Waals surface area contributed by atoms with Crippen LogP contribution < -0.4 is 0 Å². The van der Waals surface area contributed by atoms with Gasteiger partial charge in [-0.15, -0.1) is 21.5 Å². The molecular weight excluding hydrogens is 312 g/mol. The van der Waals surface area contributed by atoms with Gasteiger partial charge in [0.1, 0.15) is 12.0 Å². The summed E-state index contributed by atoms with van der Waals surface area (Å²) in [5.74, 6) is -0.268. The van der Waals surface area contributed by atoms with Crippen LogP contribution in [0.15, 0.2) is 39.5 Å². The first-order valence-electron chi connectivity index (χ1n) is 5.95. The number of carbonyl (C=O) groups is 1. The van der Waals surface area contributed by atoms with Crippen LogP contribution in [0.1, 0.15) is 5.69 Å². The highest BCUT2D eigenvalue weighted by molar-refractivity contribution is 7.99. The number of carboxylic acid groups (broad SMARTS) is 1. The number of hydrogen-bond donors (Lipinski definition) is 1. The molecule has 0 unspecified atom stereocenters. The first-order valence-corrected chi connectivity index (χ1v) is 7.81. The third-order valence-electron chi connectivity index (χ3n) is 2.59. The van der Waals surface area contributed by atoms with E-state index >= 15 is 0 Å². The van der Waals surface area contributed by atoms with Crippen molar-refractivity contribution in [3.8, 4) is 10.7 Å². The summed E-state index contributed by atoms with van der Waals surface area (Å²) in [6, 6.07) is 5.63. The van der Waals surface area contributed by atoms with E-state index in [-0.39, 0.29) is 5.75 Å². The Kier molecular flexibility index (Phi) is 4.02. The smallest absolute Gasteiger partial charge is 0.313 e. The zero-order valence-corrected chi connectivity index (χ0v) is 12.3. The fourth-order valence-corrected chi connectivity index (χ4v) is 3.11. The van der Waals surface area contributed by atoms with Gasteiger partial charge in [0.15, 0.2) is 11.0 Å². The van der Waals surface area contributed by atoms with Gasteiger partial charge < -0.3 is 9.63 Å². The Morgan fingerprint density at radius 2 is 2.33 bits per heavy atom. The lowest BCUT2D eigenvalue weighted by Gasteiger charge is -2.06. The molecule has 3 heterocycles. The highest BCUT2D eigenvalue weighted by atomic mass is 32.2. The van der Waals surface area contributed by atoms with Crippen molar-refractivity contribution < 1.29 is 14.4 Å². The van der Waals surface area contributed by atoms with Gasteiger partial charge in [0.25, 0.3) is 0 Å². The molecule has 1 N–H and O–H groups in total. The van der Waals surface area contributed by atoms with Crippen molar-refractivity contribution in [1.29, 1.82) is 0 Å². The summed E-state index contributed by atoms with van der Waals surface area (Å²) in [4.78, 5) is 11.7. The molecule has 0 amide bonds. The summed E-state index contributed by atoms with van der Waals surface area (Å²) in [7, 11) is 0. The van der Waals surface area contributed by atoms with E-state index in [0.717, 1.165) is 22.3 Å². The summed E-state index contributed by atoms with van der Waals surface area (Å²) in [5.41, 5.74) is 0.727. The Balaban J connectivity index is 1.94. The summed E-state index contributed by atoms with van der Waals surface area (Å²) >= 11 is 2.68. The van der Waals surface area contributed by atoms with E-state index in [1.165, 1.54) is 6.26 Å². The Morgan fingerprint density at radius 3 is 3.00 bits per heavy atom. The fourth-order valence-electron chi connectivity index (χ4n) is 1.73. The summed E-state index contributed by atoms with van der Waals surface area (Å²) in [6.45, 7) is 0.429. The fraction of sp³-hybridized carbons (Fsp3) is 0.167. The van der Waals surface area contributed by atoms with Gasteiger partial charge in [0.2, 0.25) is 0 Å². The van der Waals surface area contributed by atoms with Crippen molar-refractivity contribution in [3.05, 3.63) is 35.5 Å². The Morgan fingerprint density at radius 1 is 1.43 bits per heavy atom. The Bertz CT molecular complexity index is 722. The van der Waals surface area contributed by atoms with E-state index in [0.29, 0.717) is 17.5 Å². The van der Waals surface area contributed by atoms with Crippen molar-refractivity contribution in [3.63, 3.8) is 0 Å². The molecule has 0 fully saturated rings. The molecule has 108 valence electrons. The normalized spacial score (nSPS) is 10.9. The predicted molar refractivity (Wildman–Crippen MR) is 77.3 cm³/mol. The number of hydrogen-bond acceptors (Lipinski definition) is 7. The highest BCUT2D eigenvalue weighted by Crippen LogP contribution is 2.27. The summed E-state index contributed by atoms with van der Waals surface area (Å²) < 4.78 is 6.67. The molecule has 0 aromatic carbocycles. The molecular formula is C12H10N4O3S2. The lowest BCUT2D eigenvalue weighted by Crippen LogP contribution is -2.06. The number of thioether (sulfide) groups is 1. The second kappa shape index (κ2) is 6.10. The Hall–Kier alpha value is -2.13. The minimum Gasteiger partial charge on any atom is -0.481 e. The molecule has 7 nitrogen and oxygen atoms in total. The van der Waals surface area contributed by atoms with Crippen LogP contribution in [-0.2, 0) is 11.3 Å². The van der Waals surface area contributed by atoms with Crippen LogP contribution in [0.4, 0.5) is 0 Å². The monoisotopic (exact) mass is 322 g/mol. The molecule has 0 aliphatic carbocycles. The van der Waals surface area contributed by atoms with Crippen LogP contribution in [0.5, 0.6) is 0 Å². The number of aromatic nitrogens is 4.